The Morgan fingerprint density at radius 3 is 3.26 bits per heavy atom. The molecule has 118 valence electrons. The van der Waals surface area contributed by atoms with E-state index in [1.54, 1.807) is 24.5 Å². The summed E-state index contributed by atoms with van der Waals surface area (Å²) in [4.78, 5) is 25.9. The fourth-order valence-corrected chi connectivity index (χ4v) is 4.18. The standard InChI is InChI=1S/C17H18N4OS/c1-11(22)21-7-3-4-12(9-21)17-20-15(10-23-17)14-8-19-16-13(14)5-2-6-18-16/h2,5-6,8,10,12H,3-4,7,9H2,1H3,(H,18,19). The fourth-order valence-electron chi connectivity index (χ4n) is 3.23. The van der Waals surface area contributed by atoms with Crippen molar-refractivity contribution in [3.05, 3.63) is 34.9 Å². The number of thiazole rings is 1. The average molecular weight is 326 g/mol. The van der Waals surface area contributed by atoms with Gasteiger partial charge >= 0.3 is 0 Å². The summed E-state index contributed by atoms with van der Waals surface area (Å²) in [6.07, 6.45) is 5.91. The second-order valence-corrected chi connectivity index (χ2v) is 6.87. The molecule has 5 nitrogen and oxygen atoms in total. The van der Waals surface area contributed by atoms with Crippen LogP contribution in [0.15, 0.2) is 29.9 Å². The molecule has 1 aliphatic rings. The summed E-state index contributed by atoms with van der Waals surface area (Å²) in [6, 6.07) is 4.00. The maximum atomic E-state index is 11.6. The van der Waals surface area contributed by atoms with Gasteiger partial charge in [-0.25, -0.2) is 9.97 Å². The Hall–Kier alpha value is -2.21. The lowest BCUT2D eigenvalue weighted by Crippen LogP contribution is -2.37. The highest BCUT2D eigenvalue weighted by molar-refractivity contribution is 7.10. The number of likely N-dealkylation sites (tertiary alicyclic amines) is 1. The van der Waals surface area contributed by atoms with E-state index >= 15 is 0 Å². The van der Waals surface area contributed by atoms with Crippen molar-refractivity contribution in [3.63, 3.8) is 0 Å². The van der Waals surface area contributed by atoms with Gasteiger partial charge in [-0.2, -0.15) is 0 Å². The van der Waals surface area contributed by atoms with Crippen LogP contribution in [-0.2, 0) is 4.79 Å². The van der Waals surface area contributed by atoms with Crippen molar-refractivity contribution in [1.82, 2.24) is 19.9 Å². The molecule has 1 aliphatic heterocycles. The molecule has 4 rings (SSSR count). The van der Waals surface area contributed by atoms with Crippen molar-refractivity contribution in [2.75, 3.05) is 13.1 Å². The van der Waals surface area contributed by atoms with Gasteiger partial charge in [-0.15, -0.1) is 11.3 Å². The Balaban J connectivity index is 1.63. The molecule has 0 aromatic carbocycles. The van der Waals surface area contributed by atoms with Crippen molar-refractivity contribution >= 4 is 28.3 Å². The summed E-state index contributed by atoms with van der Waals surface area (Å²) >= 11 is 1.69. The number of hydrogen-bond donors (Lipinski definition) is 1. The number of hydrogen-bond acceptors (Lipinski definition) is 4. The van der Waals surface area contributed by atoms with Crippen LogP contribution in [0.5, 0.6) is 0 Å². The molecule has 23 heavy (non-hydrogen) atoms. The summed E-state index contributed by atoms with van der Waals surface area (Å²) in [5.41, 5.74) is 2.97. The lowest BCUT2D eigenvalue weighted by Gasteiger charge is -2.30. The number of amides is 1. The Morgan fingerprint density at radius 1 is 1.48 bits per heavy atom. The second kappa shape index (κ2) is 5.77. The van der Waals surface area contributed by atoms with Crippen molar-refractivity contribution in [1.29, 1.82) is 0 Å². The monoisotopic (exact) mass is 326 g/mol. The third kappa shape index (κ3) is 2.63. The van der Waals surface area contributed by atoms with E-state index < -0.39 is 0 Å². The van der Waals surface area contributed by atoms with Crippen molar-refractivity contribution < 1.29 is 4.79 Å². The first kappa shape index (κ1) is 14.4. The minimum absolute atomic E-state index is 0.161. The van der Waals surface area contributed by atoms with Gasteiger partial charge in [-0.3, -0.25) is 4.79 Å². The molecule has 0 aliphatic carbocycles. The fraction of sp³-hybridized carbons (Fsp3) is 0.353. The van der Waals surface area contributed by atoms with Crippen LogP contribution in [0.2, 0.25) is 0 Å². The molecule has 1 amide bonds. The normalized spacial score (nSPS) is 18.5. The maximum absolute atomic E-state index is 11.6. The van der Waals surface area contributed by atoms with E-state index in [1.807, 2.05) is 17.2 Å². The lowest BCUT2D eigenvalue weighted by molar-refractivity contribution is -0.130. The number of nitrogens with one attached hydrogen (secondary N) is 1. The molecule has 0 saturated carbocycles. The number of H-pyrrole nitrogens is 1. The molecule has 3 aromatic heterocycles. The van der Waals surface area contributed by atoms with Crippen LogP contribution in [-0.4, -0.2) is 38.8 Å². The predicted octanol–water partition coefficient (Wildman–Crippen LogP) is 3.41. The highest BCUT2D eigenvalue weighted by atomic mass is 32.1. The van der Waals surface area contributed by atoms with E-state index in [2.05, 4.69) is 21.4 Å². The first-order valence-corrected chi connectivity index (χ1v) is 8.74. The molecule has 0 spiro atoms. The number of fused-ring (bicyclic) bond motifs is 1. The smallest absolute Gasteiger partial charge is 0.219 e. The number of aromatic nitrogens is 3. The van der Waals surface area contributed by atoms with Crippen LogP contribution in [0, 0.1) is 0 Å². The minimum Gasteiger partial charge on any atom is -0.345 e. The van der Waals surface area contributed by atoms with E-state index in [9.17, 15) is 4.79 Å². The number of aromatic amines is 1. The van der Waals surface area contributed by atoms with Crippen LogP contribution >= 0.6 is 11.3 Å². The number of rotatable bonds is 2. The van der Waals surface area contributed by atoms with E-state index in [-0.39, 0.29) is 5.91 Å². The van der Waals surface area contributed by atoms with Gasteiger partial charge in [0.25, 0.3) is 0 Å². The number of carbonyl (C=O) groups excluding carboxylic acids is 1. The van der Waals surface area contributed by atoms with Crippen LogP contribution < -0.4 is 0 Å². The van der Waals surface area contributed by atoms with E-state index in [1.165, 1.54) is 0 Å². The number of carbonyl (C=O) groups is 1. The number of nitrogens with zero attached hydrogens (tertiary/aromatic N) is 3. The Kier molecular flexibility index (Phi) is 3.61. The zero-order valence-electron chi connectivity index (χ0n) is 13.0. The molecule has 1 atom stereocenters. The largest absolute Gasteiger partial charge is 0.345 e. The number of piperidine rings is 1. The maximum Gasteiger partial charge on any atom is 0.219 e. The molecule has 0 radical (unpaired) electrons. The molecule has 6 heteroatoms. The molecule has 3 aromatic rings. The topological polar surface area (TPSA) is 61.9 Å². The van der Waals surface area contributed by atoms with Gasteiger partial charge in [-0.05, 0) is 25.0 Å². The third-order valence-electron chi connectivity index (χ3n) is 4.46. The van der Waals surface area contributed by atoms with Gasteiger partial charge in [0.1, 0.15) is 5.65 Å². The quantitative estimate of drug-likeness (QED) is 0.785. The van der Waals surface area contributed by atoms with Gasteiger partial charge in [0, 0.05) is 54.7 Å². The van der Waals surface area contributed by atoms with Gasteiger partial charge in [0.2, 0.25) is 5.91 Å². The Labute approximate surface area is 138 Å². The number of pyridine rings is 1. The molecule has 1 saturated heterocycles. The van der Waals surface area contributed by atoms with Crippen molar-refractivity contribution in [2.24, 2.45) is 0 Å². The van der Waals surface area contributed by atoms with E-state index in [4.69, 9.17) is 4.98 Å². The zero-order valence-corrected chi connectivity index (χ0v) is 13.8. The van der Waals surface area contributed by atoms with Crippen LogP contribution in [0.4, 0.5) is 0 Å². The first-order chi connectivity index (χ1) is 11.2. The van der Waals surface area contributed by atoms with E-state index in [0.717, 1.165) is 53.2 Å². The highest BCUT2D eigenvalue weighted by Crippen LogP contribution is 2.34. The summed E-state index contributed by atoms with van der Waals surface area (Å²) in [5.74, 6) is 0.518. The average Bonchev–Trinajstić information content (AvgIpc) is 3.21. The molecule has 1 unspecified atom stereocenters. The van der Waals surface area contributed by atoms with Crippen molar-refractivity contribution in [2.45, 2.75) is 25.7 Å². The van der Waals surface area contributed by atoms with Gasteiger partial charge in [0.05, 0.1) is 10.7 Å². The lowest BCUT2D eigenvalue weighted by atomic mass is 9.98. The summed E-state index contributed by atoms with van der Waals surface area (Å²) in [7, 11) is 0. The molecular weight excluding hydrogens is 308 g/mol. The van der Waals surface area contributed by atoms with Crippen LogP contribution in [0.1, 0.15) is 30.7 Å². The first-order valence-electron chi connectivity index (χ1n) is 7.86. The van der Waals surface area contributed by atoms with Gasteiger partial charge in [0.15, 0.2) is 0 Å². The van der Waals surface area contributed by atoms with Crippen molar-refractivity contribution in [3.8, 4) is 11.3 Å². The predicted molar refractivity (Wildman–Crippen MR) is 91.4 cm³/mol. The van der Waals surface area contributed by atoms with Gasteiger partial charge < -0.3 is 9.88 Å². The summed E-state index contributed by atoms with van der Waals surface area (Å²) < 4.78 is 0. The highest BCUT2D eigenvalue weighted by Gasteiger charge is 2.25. The van der Waals surface area contributed by atoms with Gasteiger partial charge in [-0.1, -0.05) is 0 Å². The third-order valence-corrected chi connectivity index (χ3v) is 5.47. The Bertz CT molecular complexity index is 853. The minimum atomic E-state index is 0.161. The van der Waals surface area contributed by atoms with E-state index in [0.29, 0.717) is 5.92 Å². The summed E-state index contributed by atoms with van der Waals surface area (Å²) in [5, 5.41) is 4.33. The zero-order chi connectivity index (χ0) is 15.8. The molecule has 4 heterocycles. The second-order valence-electron chi connectivity index (χ2n) is 5.98. The van der Waals surface area contributed by atoms with Crippen LogP contribution in [0.3, 0.4) is 0 Å². The molecule has 1 fully saturated rings. The molecule has 1 N–H and O–H groups in total. The molecule has 0 bridgehead atoms. The van der Waals surface area contributed by atoms with Crippen LogP contribution in [0.25, 0.3) is 22.3 Å². The SMILES string of the molecule is CC(=O)N1CCCC(c2nc(-c3c[nH]c4ncccc34)cs2)C1. The molecular formula is C17H18N4OS. The Morgan fingerprint density at radius 2 is 2.39 bits per heavy atom. The summed E-state index contributed by atoms with van der Waals surface area (Å²) in [6.45, 7) is 3.31.